The topological polar surface area (TPSA) is 44.8 Å². The number of halogens is 2. The lowest BCUT2D eigenvalue weighted by atomic mass is 9.77. The van der Waals surface area contributed by atoms with Crippen molar-refractivity contribution < 1.29 is 27.3 Å². The van der Waals surface area contributed by atoms with E-state index in [2.05, 4.69) is 38.1 Å². The number of benzene rings is 2. The van der Waals surface area contributed by atoms with Crippen LogP contribution in [0.5, 0.6) is 11.5 Å². The average Bonchev–Trinajstić information content (AvgIpc) is 3.29. The summed E-state index contributed by atoms with van der Waals surface area (Å²) < 4.78 is 60.2. The van der Waals surface area contributed by atoms with Crippen molar-refractivity contribution in [2.45, 2.75) is 225 Å². The molecule has 348 valence electrons. The number of unbranched alkanes of at least 4 members (excludes halogenated alkanes) is 18. The highest BCUT2D eigenvalue weighted by Crippen LogP contribution is 2.48. The molecule has 0 N–H and O–H groups in total. The van der Waals surface area contributed by atoms with Crippen LogP contribution in [-0.2, 0) is 9.09 Å². The van der Waals surface area contributed by atoms with E-state index in [0.29, 0.717) is 18.3 Å². The van der Waals surface area contributed by atoms with Crippen molar-refractivity contribution in [3.63, 3.8) is 0 Å². The summed E-state index contributed by atoms with van der Waals surface area (Å²) >= 11 is 0. The molecule has 2 saturated carbocycles. The van der Waals surface area contributed by atoms with E-state index in [4.69, 9.17) is 14.0 Å². The zero-order valence-electron chi connectivity index (χ0n) is 39.4. The zero-order chi connectivity index (χ0) is 43.4. The van der Waals surface area contributed by atoms with Crippen LogP contribution in [0, 0.1) is 23.5 Å². The molecule has 61 heavy (non-hydrogen) atoms. The maximum Gasteiger partial charge on any atom is 0.202 e. The van der Waals surface area contributed by atoms with Crippen LogP contribution in [0.1, 0.15) is 236 Å². The Bertz CT molecular complexity index is 1450. The summed E-state index contributed by atoms with van der Waals surface area (Å²) in [6, 6.07) is 12.4. The summed E-state index contributed by atoms with van der Waals surface area (Å²) in [5.74, 6) is 2.10. The summed E-state index contributed by atoms with van der Waals surface area (Å²) in [6.07, 6.45) is 38.6. The van der Waals surface area contributed by atoms with Gasteiger partial charge in [0.05, 0.1) is 13.2 Å². The highest BCUT2D eigenvalue weighted by atomic mass is 31.2. The van der Waals surface area contributed by atoms with Crippen LogP contribution < -0.4 is 9.47 Å². The lowest BCUT2D eigenvalue weighted by Crippen LogP contribution is -2.14. The molecule has 0 bridgehead atoms. The van der Waals surface area contributed by atoms with Gasteiger partial charge < -0.3 is 14.0 Å². The second kappa shape index (κ2) is 31.0. The van der Waals surface area contributed by atoms with E-state index in [1.807, 2.05) is 0 Å². The van der Waals surface area contributed by atoms with Gasteiger partial charge in [-0.3, -0.25) is 4.57 Å². The van der Waals surface area contributed by atoms with Gasteiger partial charge in [-0.1, -0.05) is 154 Å². The zero-order valence-corrected chi connectivity index (χ0v) is 40.3. The fourth-order valence-electron chi connectivity index (χ4n) is 10.2. The number of rotatable bonds is 34. The minimum absolute atomic E-state index is 0.0486. The Labute approximate surface area is 373 Å². The minimum atomic E-state index is -2.50. The summed E-state index contributed by atoms with van der Waals surface area (Å²) in [7, 11) is -0.865. The molecule has 0 aliphatic heterocycles. The van der Waals surface area contributed by atoms with E-state index in [1.54, 1.807) is 19.2 Å². The summed E-state index contributed by atoms with van der Waals surface area (Å²) in [5.41, 5.74) is 2.03. The van der Waals surface area contributed by atoms with Gasteiger partial charge in [0.1, 0.15) is 5.75 Å². The second-order valence-electron chi connectivity index (χ2n) is 19.2. The predicted molar refractivity (Wildman–Crippen MR) is 255 cm³/mol. The molecule has 7 heteroatoms. The molecular formula is C54H89F2O4P. The van der Waals surface area contributed by atoms with Crippen molar-refractivity contribution in [1.82, 2.24) is 0 Å². The second-order valence-corrected chi connectivity index (χ2v) is 22.1. The lowest BCUT2D eigenvalue weighted by Gasteiger charge is -2.29. The Morgan fingerprint density at radius 2 is 1.02 bits per heavy atom. The fourth-order valence-corrected chi connectivity index (χ4v) is 12.2. The number of ether oxygens (including phenoxy) is 2. The third kappa shape index (κ3) is 20.2. The minimum Gasteiger partial charge on any atom is -0.494 e. The molecule has 0 spiro atoms. The average molecular weight is 871 g/mol. The normalized spacial score (nSPS) is 20.4. The van der Waals surface area contributed by atoms with Crippen LogP contribution in [0.25, 0.3) is 0 Å². The molecule has 0 saturated heterocycles. The Kier molecular flexibility index (Phi) is 26.3. The fraction of sp³-hybridized carbons (Fsp3) is 0.778. The molecule has 2 aromatic rings. The van der Waals surface area contributed by atoms with E-state index in [-0.39, 0.29) is 11.7 Å². The first kappa shape index (κ1) is 51.7. The van der Waals surface area contributed by atoms with Crippen molar-refractivity contribution in [3.05, 3.63) is 59.2 Å². The quantitative estimate of drug-likeness (QED) is 0.0519. The SMILES string of the molecule is CCCCCC1CCC(c2ccc(OCCCCCCCCCCCP(=O)(CCCCCCCCCCCOc3ccc(C4CCC(CC)CC4)c(F)c3F)OC)cc2)CC1. The van der Waals surface area contributed by atoms with Crippen LogP contribution in [0.3, 0.4) is 0 Å². The highest BCUT2D eigenvalue weighted by molar-refractivity contribution is 7.58. The predicted octanol–water partition coefficient (Wildman–Crippen LogP) is 17.9. The standard InChI is InChI=1S/C54H89F2O4P/c1-4-6-21-26-46-29-31-47(32-30-46)48-35-37-50(38-36-48)59-41-22-17-13-9-7-11-15-19-24-43-61(57,58-3)44-25-20-16-12-8-10-14-18-23-42-60-52-40-39-51(53(55)54(52)56)49-33-27-45(5-2)28-34-49/h35-40,45-47,49H,4-34,41-44H2,1-3H3. The Morgan fingerprint density at radius 1 is 0.525 bits per heavy atom. The van der Waals surface area contributed by atoms with E-state index in [9.17, 15) is 13.3 Å². The molecular weight excluding hydrogens is 782 g/mol. The molecule has 1 atom stereocenters. The molecule has 2 fully saturated rings. The summed E-state index contributed by atoms with van der Waals surface area (Å²) in [6.45, 7) is 5.75. The Balaban J connectivity index is 0.891. The summed E-state index contributed by atoms with van der Waals surface area (Å²) in [5, 5.41) is 0. The third-order valence-corrected chi connectivity index (χ3v) is 17.2. The first-order valence-corrected chi connectivity index (χ1v) is 27.8. The molecule has 1 unspecified atom stereocenters. The monoisotopic (exact) mass is 871 g/mol. The molecule has 2 aliphatic rings. The van der Waals surface area contributed by atoms with Crippen LogP contribution in [0.15, 0.2) is 36.4 Å². The van der Waals surface area contributed by atoms with Crippen LogP contribution in [0.4, 0.5) is 8.78 Å². The molecule has 0 amide bonds. The number of hydrogen-bond donors (Lipinski definition) is 0. The molecule has 0 aromatic heterocycles. The van der Waals surface area contributed by atoms with E-state index >= 15 is 0 Å². The Morgan fingerprint density at radius 3 is 1.54 bits per heavy atom. The van der Waals surface area contributed by atoms with Crippen molar-refractivity contribution in [1.29, 1.82) is 0 Å². The van der Waals surface area contributed by atoms with Gasteiger partial charge in [0.25, 0.3) is 0 Å². The van der Waals surface area contributed by atoms with E-state index < -0.39 is 19.0 Å². The van der Waals surface area contributed by atoms with E-state index in [0.717, 1.165) is 113 Å². The van der Waals surface area contributed by atoms with Gasteiger partial charge >= 0.3 is 0 Å². The maximum atomic E-state index is 14.9. The smallest absolute Gasteiger partial charge is 0.202 e. The van der Waals surface area contributed by atoms with Gasteiger partial charge in [0.15, 0.2) is 11.6 Å². The van der Waals surface area contributed by atoms with Crippen molar-refractivity contribution in [3.8, 4) is 11.5 Å². The lowest BCUT2D eigenvalue weighted by molar-refractivity contribution is 0.281. The largest absolute Gasteiger partial charge is 0.494 e. The molecule has 4 rings (SSSR count). The van der Waals surface area contributed by atoms with Crippen molar-refractivity contribution in [2.75, 3.05) is 32.6 Å². The molecule has 4 nitrogen and oxygen atoms in total. The van der Waals surface area contributed by atoms with Gasteiger partial charge in [0, 0.05) is 19.4 Å². The summed E-state index contributed by atoms with van der Waals surface area (Å²) in [4.78, 5) is 0. The molecule has 2 aliphatic carbocycles. The first-order chi connectivity index (χ1) is 29.9. The third-order valence-electron chi connectivity index (χ3n) is 14.5. The van der Waals surface area contributed by atoms with Crippen molar-refractivity contribution >= 4 is 7.37 Å². The van der Waals surface area contributed by atoms with Gasteiger partial charge in [-0.25, -0.2) is 4.39 Å². The van der Waals surface area contributed by atoms with Gasteiger partial charge in [-0.2, -0.15) is 4.39 Å². The molecule has 0 radical (unpaired) electrons. The molecule has 0 heterocycles. The Hall–Kier alpha value is -1.91. The van der Waals surface area contributed by atoms with Gasteiger partial charge in [-0.05, 0) is 130 Å². The first-order valence-electron chi connectivity index (χ1n) is 25.8. The van der Waals surface area contributed by atoms with Crippen LogP contribution in [0.2, 0.25) is 0 Å². The molecule has 2 aromatic carbocycles. The van der Waals surface area contributed by atoms with Crippen LogP contribution in [-0.4, -0.2) is 32.6 Å². The van der Waals surface area contributed by atoms with Crippen LogP contribution >= 0.6 is 7.37 Å². The van der Waals surface area contributed by atoms with Gasteiger partial charge in [-0.15, -0.1) is 0 Å². The number of hydrogen-bond acceptors (Lipinski definition) is 4. The maximum absolute atomic E-state index is 14.9. The van der Waals surface area contributed by atoms with Gasteiger partial charge in [0.2, 0.25) is 13.2 Å². The van der Waals surface area contributed by atoms with E-state index in [1.165, 1.54) is 128 Å². The van der Waals surface area contributed by atoms with Crippen molar-refractivity contribution in [2.24, 2.45) is 11.8 Å². The highest BCUT2D eigenvalue weighted by Gasteiger charge is 2.26.